The fourth-order valence-corrected chi connectivity index (χ4v) is 4.75. The molecule has 1 N–H and O–H groups in total. The molecule has 170 valence electrons. The second kappa shape index (κ2) is 10.3. The van der Waals surface area contributed by atoms with Crippen molar-refractivity contribution in [3.05, 3.63) is 70.8 Å². The van der Waals surface area contributed by atoms with Gasteiger partial charge in [-0.15, -0.1) is 0 Å². The van der Waals surface area contributed by atoms with Crippen LogP contribution in [-0.2, 0) is 35.6 Å². The molecule has 2 amide bonds. The molecule has 2 aromatic rings. The third kappa shape index (κ3) is 5.57. The fourth-order valence-electron chi connectivity index (χ4n) is 4.75. The zero-order chi connectivity index (χ0) is 22.5. The minimum Gasteiger partial charge on any atom is -0.350 e. The van der Waals surface area contributed by atoms with E-state index in [1.165, 1.54) is 31.5 Å². The quantitative estimate of drug-likeness (QED) is 0.721. The molecule has 1 unspecified atom stereocenters. The van der Waals surface area contributed by atoms with Gasteiger partial charge in [0, 0.05) is 32.5 Å². The number of nitrogens with one attached hydrogen (secondary N) is 1. The zero-order valence-electron chi connectivity index (χ0n) is 19.3. The Morgan fingerprint density at radius 2 is 1.62 bits per heavy atom. The number of hydrogen-bond donors (Lipinski definition) is 1. The van der Waals surface area contributed by atoms with Crippen molar-refractivity contribution >= 4 is 11.8 Å². The van der Waals surface area contributed by atoms with Crippen LogP contribution in [0.2, 0.25) is 0 Å². The Morgan fingerprint density at radius 1 is 0.969 bits per heavy atom. The molecule has 2 aliphatic rings. The molecule has 2 aliphatic heterocycles. The largest absolute Gasteiger partial charge is 0.350 e. The number of likely N-dealkylation sites (tertiary alicyclic amines) is 1. The summed E-state index contributed by atoms with van der Waals surface area (Å²) in [7, 11) is 0. The summed E-state index contributed by atoms with van der Waals surface area (Å²) < 4.78 is 0. The first kappa shape index (κ1) is 22.5. The lowest BCUT2D eigenvalue weighted by Crippen LogP contribution is -2.52. The molecule has 5 heteroatoms. The molecule has 2 heterocycles. The third-order valence-electron chi connectivity index (χ3n) is 6.55. The van der Waals surface area contributed by atoms with E-state index in [2.05, 4.69) is 46.6 Å². The Kier molecular flexibility index (Phi) is 7.26. The lowest BCUT2D eigenvalue weighted by Gasteiger charge is -2.36. The Morgan fingerprint density at radius 3 is 2.31 bits per heavy atom. The molecule has 4 rings (SSSR count). The van der Waals surface area contributed by atoms with Gasteiger partial charge in [0.15, 0.2) is 0 Å². The van der Waals surface area contributed by atoms with Gasteiger partial charge in [-0.1, -0.05) is 62.4 Å². The van der Waals surface area contributed by atoms with Crippen LogP contribution < -0.4 is 5.32 Å². The van der Waals surface area contributed by atoms with E-state index in [9.17, 15) is 9.59 Å². The summed E-state index contributed by atoms with van der Waals surface area (Å²) in [5.41, 5.74) is 4.70. The number of hydrogen-bond acceptors (Lipinski definition) is 3. The predicted molar refractivity (Wildman–Crippen MR) is 127 cm³/mol. The molecule has 0 aromatic heterocycles. The first-order valence-electron chi connectivity index (χ1n) is 11.9. The first-order chi connectivity index (χ1) is 15.5. The molecule has 0 bridgehead atoms. The molecule has 0 saturated carbocycles. The van der Waals surface area contributed by atoms with Crippen LogP contribution in [0, 0.1) is 5.92 Å². The van der Waals surface area contributed by atoms with Crippen LogP contribution in [0.3, 0.4) is 0 Å². The van der Waals surface area contributed by atoms with E-state index in [1.54, 1.807) is 4.90 Å². The third-order valence-corrected chi connectivity index (χ3v) is 6.55. The van der Waals surface area contributed by atoms with Crippen LogP contribution in [0.4, 0.5) is 0 Å². The Labute approximate surface area is 191 Å². The number of carbonyl (C=O) groups excluding carboxylic acids is 2. The average molecular weight is 434 g/mol. The zero-order valence-corrected chi connectivity index (χ0v) is 19.3. The molecule has 0 aliphatic carbocycles. The van der Waals surface area contributed by atoms with Gasteiger partial charge in [0.25, 0.3) is 0 Å². The van der Waals surface area contributed by atoms with E-state index in [1.807, 2.05) is 26.0 Å². The number of benzene rings is 2. The maximum atomic E-state index is 13.2. The molecule has 5 nitrogen and oxygen atoms in total. The number of amides is 2. The van der Waals surface area contributed by atoms with Crippen molar-refractivity contribution in [3.63, 3.8) is 0 Å². The minimum absolute atomic E-state index is 0.0564. The average Bonchev–Trinajstić information content (AvgIpc) is 3.30. The fraction of sp³-hybridized carbons (Fsp3) is 0.481. The molecule has 0 spiro atoms. The van der Waals surface area contributed by atoms with Gasteiger partial charge in [0.1, 0.15) is 6.04 Å². The Balaban J connectivity index is 1.39. The summed E-state index contributed by atoms with van der Waals surface area (Å²) in [6, 6.07) is 16.2. The molecule has 32 heavy (non-hydrogen) atoms. The van der Waals surface area contributed by atoms with Crippen LogP contribution >= 0.6 is 0 Å². The van der Waals surface area contributed by atoms with Gasteiger partial charge in [0.2, 0.25) is 11.8 Å². The molecule has 2 aromatic carbocycles. The van der Waals surface area contributed by atoms with Gasteiger partial charge < -0.3 is 10.2 Å². The molecule has 1 saturated heterocycles. The van der Waals surface area contributed by atoms with E-state index >= 15 is 0 Å². The summed E-state index contributed by atoms with van der Waals surface area (Å²) in [5.74, 6) is 0.251. The van der Waals surface area contributed by atoms with E-state index in [4.69, 9.17) is 0 Å². The highest BCUT2D eigenvalue weighted by Crippen LogP contribution is 2.25. The summed E-state index contributed by atoms with van der Waals surface area (Å²) >= 11 is 0. The lowest BCUT2D eigenvalue weighted by molar-refractivity contribution is -0.142. The second-order valence-electron chi connectivity index (χ2n) is 9.63. The van der Waals surface area contributed by atoms with Crippen molar-refractivity contribution in [1.82, 2.24) is 15.1 Å². The van der Waals surface area contributed by atoms with Gasteiger partial charge in [-0.25, -0.2) is 0 Å². The van der Waals surface area contributed by atoms with Crippen LogP contribution in [0.25, 0.3) is 0 Å². The first-order valence-corrected chi connectivity index (χ1v) is 11.9. The number of fused-ring (bicyclic) bond motifs is 1. The van der Waals surface area contributed by atoms with Crippen LogP contribution in [0.5, 0.6) is 0 Å². The highest BCUT2D eigenvalue weighted by atomic mass is 16.2. The predicted octanol–water partition coefficient (Wildman–Crippen LogP) is 3.90. The summed E-state index contributed by atoms with van der Waals surface area (Å²) in [4.78, 5) is 30.4. The van der Waals surface area contributed by atoms with E-state index in [-0.39, 0.29) is 17.7 Å². The number of carbonyl (C=O) groups is 2. The highest BCUT2D eigenvalue weighted by Gasteiger charge is 2.34. The van der Waals surface area contributed by atoms with E-state index in [0.717, 1.165) is 23.2 Å². The summed E-state index contributed by atoms with van der Waals surface area (Å²) in [5, 5.41) is 3.09. The Bertz CT molecular complexity index is 932. The van der Waals surface area contributed by atoms with Gasteiger partial charge in [-0.3, -0.25) is 14.5 Å². The lowest BCUT2D eigenvalue weighted by atomic mass is 9.92. The number of rotatable bonds is 7. The van der Waals surface area contributed by atoms with Gasteiger partial charge in [-0.05, 0) is 54.1 Å². The molecule has 1 fully saturated rings. The maximum absolute atomic E-state index is 13.2. The molecular weight excluding hydrogens is 398 g/mol. The topological polar surface area (TPSA) is 52.7 Å². The Hall–Kier alpha value is -2.66. The van der Waals surface area contributed by atoms with Gasteiger partial charge in [0.05, 0.1) is 0 Å². The monoisotopic (exact) mass is 433 g/mol. The number of nitrogens with zero attached hydrogens (tertiary/aromatic N) is 2. The van der Waals surface area contributed by atoms with Crippen molar-refractivity contribution in [2.45, 2.75) is 65.2 Å². The SMILES string of the molecule is CC(C)CC(=O)N1Cc2ccccc2CC1C(=O)NCc1ccc(CN2CCCC2)cc1. The summed E-state index contributed by atoms with van der Waals surface area (Å²) in [6.45, 7) is 8.44. The second-order valence-corrected chi connectivity index (χ2v) is 9.63. The van der Waals surface area contributed by atoms with Crippen LogP contribution in [-0.4, -0.2) is 40.7 Å². The summed E-state index contributed by atoms with van der Waals surface area (Å²) in [6.07, 6.45) is 3.63. The van der Waals surface area contributed by atoms with Crippen LogP contribution in [0.15, 0.2) is 48.5 Å². The van der Waals surface area contributed by atoms with Gasteiger partial charge >= 0.3 is 0 Å². The molecule has 0 radical (unpaired) electrons. The standard InChI is InChI=1S/C27H35N3O2/c1-20(2)15-26(31)30-19-24-8-4-3-7-23(24)16-25(30)27(32)28-17-21-9-11-22(12-10-21)18-29-13-5-6-14-29/h3-4,7-12,20,25H,5-6,13-19H2,1-2H3,(H,28,32). The highest BCUT2D eigenvalue weighted by molar-refractivity contribution is 5.88. The van der Waals surface area contributed by atoms with Crippen LogP contribution in [0.1, 0.15) is 55.4 Å². The molecule has 1 atom stereocenters. The molecular formula is C27H35N3O2. The smallest absolute Gasteiger partial charge is 0.243 e. The van der Waals surface area contributed by atoms with Crippen molar-refractivity contribution < 1.29 is 9.59 Å². The van der Waals surface area contributed by atoms with Crippen molar-refractivity contribution in [1.29, 1.82) is 0 Å². The maximum Gasteiger partial charge on any atom is 0.243 e. The normalized spacial score (nSPS) is 18.6. The van der Waals surface area contributed by atoms with E-state index in [0.29, 0.717) is 25.9 Å². The van der Waals surface area contributed by atoms with Gasteiger partial charge in [-0.2, -0.15) is 0 Å². The van der Waals surface area contributed by atoms with Crippen molar-refractivity contribution in [3.8, 4) is 0 Å². The van der Waals surface area contributed by atoms with Crippen molar-refractivity contribution in [2.24, 2.45) is 5.92 Å². The van der Waals surface area contributed by atoms with Crippen molar-refractivity contribution in [2.75, 3.05) is 13.1 Å². The van der Waals surface area contributed by atoms with E-state index < -0.39 is 6.04 Å². The minimum atomic E-state index is -0.453.